The van der Waals surface area contributed by atoms with Gasteiger partial charge in [0, 0.05) is 0 Å². The molecule has 0 aromatic rings. The highest BCUT2D eigenvalue weighted by molar-refractivity contribution is 4.74. The summed E-state index contributed by atoms with van der Waals surface area (Å²) in [6.07, 6.45) is 13.7. The van der Waals surface area contributed by atoms with Crippen molar-refractivity contribution in [2.75, 3.05) is 6.67 Å². The third-order valence-corrected chi connectivity index (χ3v) is 3.97. The average molecular weight is 244 g/mol. The summed E-state index contributed by atoms with van der Waals surface area (Å²) in [4.78, 5) is 0. The van der Waals surface area contributed by atoms with E-state index in [1.165, 1.54) is 64.2 Å². The molecule has 0 nitrogen and oxygen atoms in total. The van der Waals surface area contributed by atoms with Crippen LogP contribution in [0.4, 0.5) is 4.39 Å². The van der Waals surface area contributed by atoms with Crippen LogP contribution in [0.1, 0.15) is 91.4 Å². The fourth-order valence-electron chi connectivity index (χ4n) is 2.56. The second-order valence-corrected chi connectivity index (χ2v) is 5.87. The SMILES string of the molecule is CCCCCCC(C)(CCF)CCCCCC. The highest BCUT2D eigenvalue weighted by Crippen LogP contribution is 2.34. The van der Waals surface area contributed by atoms with Gasteiger partial charge in [0.05, 0.1) is 6.67 Å². The van der Waals surface area contributed by atoms with E-state index >= 15 is 0 Å². The second-order valence-electron chi connectivity index (χ2n) is 5.87. The van der Waals surface area contributed by atoms with Crippen LogP contribution in [-0.2, 0) is 0 Å². The fraction of sp³-hybridized carbons (Fsp3) is 1.00. The highest BCUT2D eigenvalue weighted by Gasteiger charge is 2.22. The van der Waals surface area contributed by atoms with Crippen LogP contribution in [0, 0.1) is 5.41 Å². The van der Waals surface area contributed by atoms with Gasteiger partial charge in [0.25, 0.3) is 0 Å². The molecule has 0 fully saturated rings. The summed E-state index contributed by atoms with van der Waals surface area (Å²) in [5.41, 5.74) is 0.274. The van der Waals surface area contributed by atoms with Gasteiger partial charge in [-0.2, -0.15) is 0 Å². The molecule has 104 valence electrons. The molecule has 0 aliphatic rings. The molecule has 17 heavy (non-hydrogen) atoms. The molecule has 0 radical (unpaired) electrons. The van der Waals surface area contributed by atoms with Crippen LogP contribution in [0.5, 0.6) is 0 Å². The molecule has 0 heterocycles. The molecule has 0 amide bonds. The number of rotatable bonds is 12. The minimum atomic E-state index is -0.141. The minimum absolute atomic E-state index is 0.141. The van der Waals surface area contributed by atoms with Gasteiger partial charge in [0.2, 0.25) is 0 Å². The Hall–Kier alpha value is -0.0700. The molecule has 0 unspecified atom stereocenters. The van der Waals surface area contributed by atoms with Crippen molar-refractivity contribution in [2.45, 2.75) is 91.4 Å². The Bertz CT molecular complexity index is 142. The molecular formula is C16H33F. The maximum absolute atomic E-state index is 12.6. The van der Waals surface area contributed by atoms with Gasteiger partial charge in [-0.15, -0.1) is 0 Å². The maximum atomic E-state index is 12.6. The predicted octanol–water partition coefficient (Wildman–Crippen LogP) is 6.29. The van der Waals surface area contributed by atoms with Gasteiger partial charge < -0.3 is 0 Å². The summed E-state index contributed by atoms with van der Waals surface area (Å²) in [5, 5.41) is 0. The Balaban J connectivity index is 3.80. The monoisotopic (exact) mass is 244 g/mol. The van der Waals surface area contributed by atoms with E-state index in [2.05, 4.69) is 20.8 Å². The summed E-state index contributed by atoms with van der Waals surface area (Å²) < 4.78 is 12.6. The standard InChI is InChI=1S/C16H33F/c1-4-6-8-10-12-16(3,14-15-17)13-11-9-7-5-2/h4-15H2,1-3H3. The number of hydrogen-bond acceptors (Lipinski definition) is 0. The van der Waals surface area contributed by atoms with E-state index < -0.39 is 0 Å². The lowest BCUT2D eigenvalue weighted by molar-refractivity contribution is 0.208. The molecule has 0 aromatic carbocycles. The fourth-order valence-corrected chi connectivity index (χ4v) is 2.56. The van der Waals surface area contributed by atoms with Crippen LogP contribution < -0.4 is 0 Å². The first kappa shape index (κ1) is 16.9. The summed E-state index contributed by atoms with van der Waals surface area (Å²) in [5.74, 6) is 0. The highest BCUT2D eigenvalue weighted by atomic mass is 19.1. The van der Waals surface area contributed by atoms with Crippen LogP contribution in [0.3, 0.4) is 0 Å². The van der Waals surface area contributed by atoms with Gasteiger partial charge in [-0.25, -0.2) is 0 Å². The molecule has 0 N–H and O–H groups in total. The van der Waals surface area contributed by atoms with Gasteiger partial charge in [-0.05, 0) is 24.7 Å². The lowest BCUT2D eigenvalue weighted by atomic mass is 9.77. The molecule has 1 heteroatoms. The van der Waals surface area contributed by atoms with Gasteiger partial charge in [-0.1, -0.05) is 72.1 Å². The smallest absolute Gasteiger partial charge is 0.0899 e. The van der Waals surface area contributed by atoms with Crippen LogP contribution in [0.2, 0.25) is 0 Å². The molecule has 0 bridgehead atoms. The maximum Gasteiger partial charge on any atom is 0.0899 e. The number of unbranched alkanes of at least 4 members (excludes halogenated alkanes) is 6. The lowest BCUT2D eigenvalue weighted by Gasteiger charge is -2.29. The third kappa shape index (κ3) is 9.62. The number of hydrogen-bond donors (Lipinski definition) is 0. The van der Waals surface area contributed by atoms with Crippen LogP contribution in [-0.4, -0.2) is 6.67 Å². The summed E-state index contributed by atoms with van der Waals surface area (Å²) in [6.45, 7) is 6.64. The van der Waals surface area contributed by atoms with E-state index in [4.69, 9.17) is 0 Å². The zero-order chi connectivity index (χ0) is 13.0. The van der Waals surface area contributed by atoms with Crippen molar-refractivity contribution in [1.82, 2.24) is 0 Å². The van der Waals surface area contributed by atoms with Crippen LogP contribution >= 0.6 is 0 Å². The normalized spacial score (nSPS) is 12.0. The Labute approximate surface area is 108 Å². The summed E-state index contributed by atoms with van der Waals surface area (Å²) in [7, 11) is 0. The van der Waals surface area contributed by atoms with Crippen molar-refractivity contribution >= 4 is 0 Å². The molecule has 0 aliphatic heterocycles. The average Bonchev–Trinajstić information content (AvgIpc) is 2.31. The quantitative estimate of drug-likeness (QED) is 0.354. The molecule has 0 aliphatic carbocycles. The first-order valence-electron chi connectivity index (χ1n) is 7.74. The Morgan fingerprint density at radius 2 is 1.18 bits per heavy atom. The first-order valence-corrected chi connectivity index (χ1v) is 7.74. The van der Waals surface area contributed by atoms with Crippen molar-refractivity contribution in [3.8, 4) is 0 Å². The van der Waals surface area contributed by atoms with E-state index in [0.717, 1.165) is 6.42 Å². The topological polar surface area (TPSA) is 0 Å². The Morgan fingerprint density at radius 3 is 1.53 bits per heavy atom. The van der Waals surface area contributed by atoms with Crippen molar-refractivity contribution < 1.29 is 4.39 Å². The van der Waals surface area contributed by atoms with Crippen molar-refractivity contribution in [3.63, 3.8) is 0 Å². The minimum Gasteiger partial charge on any atom is -0.251 e. The Morgan fingerprint density at radius 1 is 0.706 bits per heavy atom. The largest absolute Gasteiger partial charge is 0.251 e. The van der Waals surface area contributed by atoms with E-state index in [9.17, 15) is 4.39 Å². The molecule has 0 rings (SSSR count). The molecule has 0 saturated carbocycles. The summed E-state index contributed by atoms with van der Waals surface area (Å²) >= 11 is 0. The van der Waals surface area contributed by atoms with Gasteiger partial charge in [0.15, 0.2) is 0 Å². The van der Waals surface area contributed by atoms with E-state index in [1.807, 2.05) is 0 Å². The zero-order valence-electron chi connectivity index (χ0n) is 12.4. The summed E-state index contributed by atoms with van der Waals surface area (Å²) in [6, 6.07) is 0. The van der Waals surface area contributed by atoms with Crippen molar-refractivity contribution in [1.29, 1.82) is 0 Å². The Kier molecular flexibility index (Phi) is 11.0. The second kappa shape index (κ2) is 11.0. The molecule has 0 spiro atoms. The van der Waals surface area contributed by atoms with E-state index in [0.29, 0.717) is 0 Å². The molecule has 0 saturated heterocycles. The third-order valence-electron chi connectivity index (χ3n) is 3.97. The van der Waals surface area contributed by atoms with Gasteiger partial charge in [-0.3, -0.25) is 4.39 Å². The van der Waals surface area contributed by atoms with Crippen LogP contribution in [0.25, 0.3) is 0 Å². The molecule has 0 aromatic heterocycles. The molecular weight excluding hydrogens is 211 g/mol. The number of alkyl halides is 1. The van der Waals surface area contributed by atoms with Crippen molar-refractivity contribution in [3.05, 3.63) is 0 Å². The van der Waals surface area contributed by atoms with E-state index in [-0.39, 0.29) is 12.1 Å². The molecule has 0 atom stereocenters. The van der Waals surface area contributed by atoms with Gasteiger partial charge in [0.1, 0.15) is 0 Å². The van der Waals surface area contributed by atoms with Crippen molar-refractivity contribution in [2.24, 2.45) is 5.41 Å². The lowest BCUT2D eigenvalue weighted by Crippen LogP contribution is -2.17. The van der Waals surface area contributed by atoms with Crippen LogP contribution in [0.15, 0.2) is 0 Å². The zero-order valence-corrected chi connectivity index (χ0v) is 12.4. The van der Waals surface area contributed by atoms with E-state index in [1.54, 1.807) is 0 Å². The van der Waals surface area contributed by atoms with Gasteiger partial charge >= 0.3 is 0 Å². The predicted molar refractivity (Wildman–Crippen MR) is 76.2 cm³/mol. The number of halogens is 1. The first-order chi connectivity index (χ1) is 8.18.